The first-order chi connectivity index (χ1) is 9.36. The summed E-state index contributed by atoms with van der Waals surface area (Å²) in [6, 6.07) is 0. The molecule has 1 N–H and O–H groups in total. The van der Waals surface area contributed by atoms with Gasteiger partial charge in [0.2, 0.25) is 0 Å². The average Bonchev–Trinajstić information content (AvgIpc) is 2.37. The molecule has 1 rings (SSSR count). The third-order valence-electron chi connectivity index (χ3n) is 4.48. The van der Waals surface area contributed by atoms with E-state index in [0.717, 1.165) is 17.8 Å². The Labute approximate surface area is 124 Å². The Morgan fingerprint density at radius 2 is 1.85 bits per heavy atom. The molecule has 0 aromatic carbocycles. The highest BCUT2D eigenvalue weighted by Gasteiger charge is 2.34. The van der Waals surface area contributed by atoms with Gasteiger partial charge in [0.15, 0.2) is 0 Å². The van der Waals surface area contributed by atoms with Gasteiger partial charge in [-0.2, -0.15) is 0 Å². The maximum Gasteiger partial charge on any atom is 0.0820 e. The number of hydrogen-bond donors (Lipinski definition) is 1. The molecule has 0 amide bonds. The van der Waals surface area contributed by atoms with E-state index in [1.54, 1.807) is 0 Å². The van der Waals surface area contributed by atoms with Gasteiger partial charge in [-0.1, -0.05) is 69.6 Å². The molecular weight excluding hydrogens is 244 g/mol. The van der Waals surface area contributed by atoms with Crippen LogP contribution in [0, 0.1) is 17.3 Å². The lowest BCUT2D eigenvalue weighted by Gasteiger charge is -2.41. The Morgan fingerprint density at radius 3 is 2.45 bits per heavy atom. The average molecular weight is 274 g/mol. The monoisotopic (exact) mass is 274 g/mol. The van der Waals surface area contributed by atoms with Gasteiger partial charge in [-0.15, -0.1) is 0 Å². The molecule has 0 spiro atoms. The van der Waals surface area contributed by atoms with Crippen LogP contribution in [0.4, 0.5) is 0 Å². The summed E-state index contributed by atoms with van der Waals surface area (Å²) in [6.07, 6.45) is 15.8. The Hall–Kier alpha value is -1.24. The van der Waals surface area contributed by atoms with Crippen LogP contribution in [0.25, 0.3) is 0 Å². The minimum absolute atomic E-state index is 0.417. The van der Waals surface area contributed by atoms with Crippen LogP contribution in [-0.2, 0) is 0 Å². The zero-order valence-corrected chi connectivity index (χ0v) is 13.7. The summed E-state index contributed by atoms with van der Waals surface area (Å²) < 4.78 is 0. The Bertz CT molecular complexity index is 421. The summed E-state index contributed by atoms with van der Waals surface area (Å²) >= 11 is 0. The van der Waals surface area contributed by atoms with Crippen LogP contribution in [0.2, 0.25) is 0 Å². The van der Waals surface area contributed by atoms with Gasteiger partial charge in [0, 0.05) is 0 Å². The van der Waals surface area contributed by atoms with Gasteiger partial charge in [-0.05, 0) is 43.1 Å². The maximum atomic E-state index is 8.81. The smallest absolute Gasteiger partial charge is 0.0820 e. The van der Waals surface area contributed by atoms with Crippen molar-refractivity contribution in [2.45, 2.75) is 53.9 Å². The minimum Gasteiger partial charge on any atom is -0.515 e. The van der Waals surface area contributed by atoms with E-state index in [-0.39, 0.29) is 0 Å². The van der Waals surface area contributed by atoms with Crippen molar-refractivity contribution < 1.29 is 5.11 Å². The van der Waals surface area contributed by atoms with Crippen LogP contribution in [-0.4, -0.2) is 5.11 Å². The van der Waals surface area contributed by atoms with E-state index in [9.17, 15) is 0 Å². The molecule has 0 aromatic heterocycles. The third-order valence-corrected chi connectivity index (χ3v) is 4.48. The Kier molecular flexibility index (Phi) is 6.32. The predicted octanol–water partition coefficient (Wildman–Crippen LogP) is 5.97. The molecule has 0 heterocycles. The van der Waals surface area contributed by atoms with Crippen molar-refractivity contribution in [3.8, 4) is 0 Å². The lowest BCUT2D eigenvalue weighted by atomic mass is 9.64. The number of rotatable bonds is 4. The summed E-state index contributed by atoms with van der Waals surface area (Å²) in [4.78, 5) is 0. The predicted molar refractivity (Wildman–Crippen MR) is 88.7 cm³/mol. The molecule has 0 aromatic rings. The van der Waals surface area contributed by atoms with Crippen molar-refractivity contribution in [2.75, 3.05) is 0 Å². The molecule has 2 unspecified atom stereocenters. The van der Waals surface area contributed by atoms with E-state index in [1.807, 2.05) is 19.1 Å². The van der Waals surface area contributed by atoms with Crippen LogP contribution in [0.5, 0.6) is 0 Å². The fourth-order valence-corrected chi connectivity index (χ4v) is 3.15. The van der Waals surface area contributed by atoms with Crippen molar-refractivity contribution in [1.82, 2.24) is 0 Å². The first kappa shape index (κ1) is 16.8. The molecule has 112 valence electrons. The molecule has 1 fully saturated rings. The van der Waals surface area contributed by atoms with Gasteiger partial charge >= 0.3 is 0 Å². The SMILES string of the molecule is CC(/C=C/C=C(C)/C=C/C1C(C)CCCC1(C)C)=C\O. The van der Waals surface area contributed by atoms with E-state index < -0.39 is 0 Å². The molecule has 1 aliphatic rings. The molecule has 0 aliphatic heterocycles. The van der Waals surface area contributed by atoms with Gasteiger partial charge in [0.05, 0.1) is 6.26 Å². The second-order valence-corrected chi connectivity index (χ2v) is 6.89. The highest BCUT2D eigenvalue weighted by Crippen LogP contribution is 2.44. The topological polar surface area (TPSA) is 20.2 Å². The standard InChI is InChI=1S/C19H30O/c1-15(8-6-9-16(2)14-20)11-12-18-17(3)10-7-13-19(18,4)5/h6,8-9,11-12,14,17-18,20H,7,10,13H2,1-5H3/b9-6+,12-11+,15-8+,16-14+. The summed E-state index contributed by atoms with van der Waals surface area (Å²) in [7, 11) is 0. The molecular formula is C19H30O. The zero-order chi connectivity index (χ0) is 15.2. The number of aliphatic hydroxyl groups excluding tert-OH is 1. The summed E-state index contributed by atoms with van der Waals surface area (Å²) in [5.74, 6) is 1.44. The third kappa shape index (κ3) is 5.03. The normalized spacial score (nSPS) is 28.4. The van der Waals surface area contributed by atoms with Gasteiger partial charge in [-0.25, -0.2) is 0 Å². The van der Waals surface area contributed by atoms with Gasteiger partial charge in [0.1, 0.15) is 0 Å². The quantitative estimate of drug-likeness (QED) is 0.494. The lowest BCUT2D eigenvalue weighted by molar-refractivity contribution is 0.123. The maximum absolute atomic E-state index is 8.81. The first-order valence-corrected chi connectivity index (χ1v) is 7.71. The molecule has 0 saturated heterocycles. The molecule has 1 nitrogen and oxygen atoms in total. The molecule has 0 radical (unpaired) electrons. The molecule has 2 atom stereocenters. The Morgan fingerprint density at radius 1 is 1.15 bits per heavy atom. The van der Waals surface area contributed by atoms with Crippen LogP contribution in [0.1, 0.15) is 53.9 Å². The highest BCUT2D eigenvalue weighted by atomic mass is 16.2. The molecule has 0 bridgehead atoms. The van der Waals surface area contributed by atoms with Gasteiger partial charge in [-0.3, -0.25) is 0 Å². The van der Waals surface area contributed by atoms with Crippen molar-refractivity contribution in [3.63, 3.8) is 0 Å². The largest absolute Gasteiger partial charge is 0.515 e. The van der Waals surface area contributed by atoms with Crippen molar-refractivity contribution in [2.24, 2.45) is 17.3 Å². The van der Waals surface area contributed by atoms with E-state index in [4.69, 9.17) is 5.11 Å². The minimum atomic E-state index is 0.417. The molecule has 1 saturated carbocycles. The second kappa shape index (κ2) is 7.52. The lowest BCUT2D eigenvalue weighted by Crippen LogP contribution is -2.32. The molecule has 1 aliphatic carbocycles. The number of hydrogen-bond acceptors (Lipinski definition) is 1. The fraction of sp³-hybridized carbons (Fsp3) is 0.579. The molecule has 20 heavy (non-hydrogen) atoms. The second-order valence-electron chi connectivity index (χ2n) is 6.89. The van der Waals surface area contributed by atoms with Crippen molar-refractivity contribution >= 4 is 0 Å². The first-order valence-electron chi connectivity index (χ1n) is 7.71. The zero-order valence-electron chi connectivity index (χ0n) is 13.7. The number of allylic oxidation sites excluding steroid dienone is 7. The highest BCUT2D eigenvalue weighted by molar-refractivity contribution is 5.26. The van der Waals surface area contributed by atoms with E-state index in [0.29, 0.717) is 11.3 Å². The van der Waals surface area contributed by atoms with Crippen molar-refractivity contribution in [1.29, 1.82) is 0 Å². The van der Waals surface area contributed by atoms with Crippen LogP contribution < -0.4 is 0 Å². The van der Waals surface area contributed by atoms with E-state index >= 15 is 0 Å². The van der Waals surface area contributed by atoms with Crippen LogP contribution in [0.3, 0.4) is 0 Å². The van der Waals surface area contributed by atoms with Crippen molar-refractivity contribution in [3.05, 3.63) is 47.8 Å². The van der Waals surface area contributed by atoms with E-state index in [1.165, 1.54) is 24.8 Å². The summed E-state index contributed by atoms with van der Waals surface area (Å²) in [5, 5.41) is 8.81. The van der Waals surface area contributed by atoms with Crippen LogP contribution in [0.15, 0.2) is 47.8 Å². The summed E-state index contributed by atoms with van der Waals surface area (Å²) in [5.41, 5.74) is 2.53. The number of aliphatic hydroxyl groups is 1. The molecule has 1 heteroatoms. The van der Waals surface area contributed by atoms with E-state index in [2.05, 4.69) is 45.9 Å². The summed E-state index contributed by atoms with van der Waals surface area (Å²) in [6.45, 7) is 11.2. The van der Waals surface area contributed by atoms with Gasteiger partial charge in [0.25, 0.3) is 0 Å². The fourth-order valence-electron chi connectivity index (χ4n) is 3.15. The van der Waals surface area contributed by atoms with Crippen LogP contribution >= 0.6 is 0 Å². The van der Waals surface area contributed by atoms with Gasteiger partial charge < -0.3 is 5.11 Å². The Balaban J connectivity index is 2.70.